The highest BCUT2D eigenvalue weighted by molar-refractivity contribution is 5.82. The number of carbonyl (C=O) groups is 2. The molecule has 1 aromatic carbocycles. The first-order valence-electron chi connectivity index (χ1n) is 14.0. The van der Waals surface area contributed by atoms with E-state index < -0.39 is 18.2 Å². The lowest BCUT2D eigenvalue weighted by Crippen LogP contribution is -2.60. The standard InChI is InChI=1S/C29H45N3O5/c1-29(2,3)31-27(34)25-16-21-11-7-8-12-22(21)17-32(25)18-26(33)24(15-20-9-5-4-6-10-20)30-28(35)37-23-13-14-36-19-23/h4-6,9-10,21-26,33H,7-8,11-19H2,1-3H3,(H,30,35)(H,31,34)/t21-,22+,23-,24-,25?,26+/m0/s1. The van der Waals surface area contributed by atoms with E-state index in [1.165, 1.54) is 25.7 Å². The van der Waals surface area contributed by atoms with Gasteiger partial charge in [0.2, 0.25) is 5.91 Å². The van der Waals surface area contributed by atoms with Crippen LogP contribution in [0.5, 0.6) is 0 Å². The largest absolute Gasteiger partial charge is 0.444 e. The summed E-state index contributed by atoms with van der Waals surface area (Å²) in [4.78, 5) is 28.3. The van der Waals surface area contributed by atoms with E-state index in [4.69, 9.17) is 9.47 Å². The molecule has 3 fully saturated rings. The van der Waals surface area contributed by atoms with Crippen LogP contribution in [0.25, 0.3) is 0 Å². The third-order valence-electron chi connectivity index (χ3n) is 7.95. The zero-order valence-corrected chi connectivity index (χ0v) is 22.7. The predicted molar refractivity (Wildman–Crippen MR) is 142 cm³/mol. The molecule has 1 saturated carbocycles. The second kappa shape index (κ2) is 12.6. The van der Waals surface area contributed by atoms with Gasteiger partial charge in [-0.05, 0) is 57.4 Å². The van der Waals surface area contributed by atoms with Crippen molar-refractivity contribution in [2.24, 2.45) is 11.8 Å². The summed E-state index contributed by atoms with van der Waals surface area (Å²) >= 11 is 0. The number of aliphatic hydroxyl groups is 1. The Kier molecular flexibility index (Phi) is 9.48. The molecule has 0 radical (unpaired) electrons. The summed E-state index contributed by atoms with van der Waals surface area (Å²) in [5.41, 5.74) is 0.694. The number of benzene rings is 1. The Morgan fingerprint density at radius 1 is 1.14 bits per heavy atom. The Bertz CT molecular complexity index is 883. The number of nitrogens with one attached hydrogen (secondary N) is 2. The zero-order chi connectivity index (χ0) is 26.4. The highest BCUT2D eigenvalue weighted by atomic mass is 16.6. The van der Waals surface area contributed by atoms with Gasteiger partial charge in [0.15, 0.2) is 0 Å². The lowest BCUT2D eigenvalue weighted by Gasteiger charge is -2.47. The highest BCUT2D eigenvalue weighted by Gasteiger charge is 2.41. The van der Waals surface area contributed by atoms with Gasteiger partial charge >= 0.3 is 6.09 Å². The topological polar surface area (TPSA) is 100 Å². The molecule has 1 aromatic rings. The first-order chi connectivity index (χ1) is 17.7. The van der Waals surface area contributed by atoms with Gasteiger partial charge in [-0.2, -0.15) is 0 Å². The number of rotatable bonds is 8. The first kappa shape index (κ1) is 27.9. The van der Waals surface area contributed by atoms with Crippen molar-refractivity contribution in [3.8, 4) is 0 Å². The molecule has 0 spiro atoms. The fourth-order valence-electron chi connectivity index (χ4n) is 6.09. The number of hydrogen-bond acceptors (Lipinski definition) is 6. The van der Waals surface area contributed by atoms with Crippen molar-refractivity contribution in [3.05, 3.63) is 35.9 Å². The van der Waals surface area contributed by atoms with E-state index in [2.05, 4.69) is 15.5 Å². The molecular weight excluding hydrogens is 470 g/mol. The maximum atomic E-state index is 13.4. The minimum atomic E-state index is -0.863. The van der Waals surface area contributed by atoms with Crippen LogP contribution < -0.4 is 10.6 Å². The van der Waals surface area contributed by atoms with Crippen molar-refractivity contribution >= 4 is 12.0 Å². The van der Waals surface area contributed by atoms with Gasteiger partial charge in [0, 0.05) is 25.0 Å². The van der Waals surface area contributed by atoms with E-state index in [1.54, 1.807) is 0 Å². The van der Waals surface area contributed by atoms with Crippen LogP contribution in [0.15, 0.2) is 30.3 Å². The van der Waals surface area contributed by atoms with E-state index in [9.17, 15) is 14.7 Å². The summed E-state index contributed by atoms with van der Waals surface area (Å²) in [7, 11) is 0. The molecule has 0 bridgehead atoms. The number of piperidine rings is 1. The van der Waals surface area contributed by atoms with E-state index in [0.717, 1.165) is 18.5 Å². The number of alkyl carbamates (subject to hydrolysis) is 1. The van der Waals surface area contributed by atoms with Crippen LogP contribution in [-0.4, -0.2) is 78.1 Å². The molecule has 2 heterocycles. The number of amides is 2. The van der Waals surface area contributed by atoms with Crippen molar-refractivity contribution < 1.29 is 24.2 Å². The van der Waals surface area contributed by atoms with Gasteiger partial charge < -0.3 is 25.2 Å². The van der Waals surface area contributed by atoms with Gasteiger partial charge in [0.25, 0.3) is 0 Å². The normalized spacial score (nSPS) is 28.1. The Morgan fingerprint density at radius 2 is 1.86 bits per heavy atom. The van der Waals surface area contributed by atoms with Crippen molar-refractivity contribution in [3.63, 3.8) is 0 Å². The minimum Gasteiger partial charge on any atom is -0.444 e. The number of carbonyl (C=O) groups excluding carboxylic acids is 2. The van der Waals surface area contributed by atoms with Crippen LogP contribution in [0.4, 0.5) is 4.79 Å². The average molecular weight is 516 g/mol. The molecule has 0 aromatic heterocycles. The molecule has 2 saturated heterocycles. The van der Waals surface area contributed by atoms with Crippen molar-refractivity contribution in [2.75, 3.05) is 26.3 Å². The van der Waals surface area contributed by atoms with E-state index in [0.29, 0.717) is 44.4 Å². The lowest BCUT2D eigenvalue weighted by atomic mass is 9.72. The highest BCUT2D eigenvalue weighted by Crippen LogP contribution is 2.39. The second-order valence-electron chi connectivity index (χ2n) is 12.1. The van der Waals surface area contributed by atoms with E-state index in [-0.39, 0.29) is 23.6 Å². The molecule has 3 N–H and O–H groups in total. The number of aliphatic hydroxyl groups excluding tert-OH is 1. The maximum absolute atomic E-state index is 13.4. The van der Waals surface area contributed by atoms with Crippen LogP contribution in [-0.2, 0) is 20.7 Å². The quantitative estimate of drug-likeness (QED) is 0.491. The van der Waals surface area contributed by atoms with E-state index in [1.807, 2.05) is 51.1 Å². The number of likely N-dealkylation sites (tertiary alicyclic amines) is 1. The van der Waals surface area contributed by atoms with Crippen LogP contribution >= 0.6 is 0 Å². The van der Waals surface area contributed by atoms with Crippen molar-refractivity contribution in [2.45, 2.75) is 95.5 Å². The summed E-state index contributed by atoms with van der Waals surface area (Å²) < 4.78 is 10.9. The molecule has 2 amide bonds. The average Bonchev–Trinajstić information content (AvgIpc) is 3.35. The van der Waals surface area contributed by atoms with Crippen LogP contribution in [0.3, 0.4) is 0 Å². The Hall–Kier alpha value is -2.16. The summed E-state index contributed by atoms with van der Waals surface area (Å²) in [5.74, 6) is 1.13. The van der Waals surface area contributed by atoms with Gasteiger partial charge in [-0.25, -0.2) is 4.79 Å². The SMILES string of the molecule is CC(C)(C)NC(=O)C1C[C@@H]2CCCC[C@@H]2CN1C[C@@H](O)[C@H](Cc1ccccc1)NC(=O)O[C@H]1CCOC1. The molecule has 8 nitrogen and oxygen atoms in total. The number of β-amino-alcohol motifs (C(OH)–C–C–N with tert-alkyl or cyclic N) is 1. The first-order valence-corrected chi connectivity index (χ1v) is 14.0. The third-order valence-corrected chi connectivity index (χ3v) is 7.95. The van der Waals surface area contributed by atoms with Crippen molar-refractivity contribution in [1.82, 2.24) is 15.5 Å². The molecular formula is C29H45N3O5. The van der Waals surface area contributed by atoms with E-state index >= 15 is 0 Å². The molecule has 4 rings (SSSR count). The Balaban J connectivity index is 1.48. The Morgan fingerprint density at radius 3 is 2.54 bits per heavy atom. The number of nitrogens with zero attached hydrogens (tertiary/aromatic N) is 1. The monoisotopic (exact) mass is 515 g/mol. The molecule has 1 unspecified atom stereocenters. The van der Waals surface area contributed by atoms with Crippen LogP contribution in [0.2, 0.25) is 0 Å². The predicted octanol–water partition coefficient (Wildman–Crippen LogP) is 3.27. The molecule has 2 aliphatic heterocycles. The molecule has 206 valence electrons. The summed E-state index contributed by atoms with van der Waals surface area (Å²) in [6.07, 6.45) is 5.12. The maximum Gasteiger partial charge on any atom is 0.407 e. The zero-order valence-electron chi connectivity index (χ0n) is 22.7. The summed E-state index contributed by atoms with van der Waals surface area (Å²) in [5, 5.41) is 17.6. The number of hydrogen-bond donors (Lipinski definition) is 3. The summed E-state index contributed by atoms with van der Waals surface area (Å²) in [6.45, 7) is 8.09. The Labute approximate surface area is 221 Å². The number of ether oxygens (including phenoxy) is 2. The minimum absolute atomic E-state index is 0.0249. The molecule has 37 heavy (non-hydrogen) atoms. The van der Waals surface area contributed by atoms with Crippen molar-refractivity contribution in [1.29, 1.82) is 0 Å². The lowest BCUT2D eigenvalue weighted by molar-refractivity contribution is -0.132. The smallest absolute Gasteiger partial charge is 0.407 e. The van der Waals surface area contributed by atoms with Gasteiger partial charge in [0.05, 0.1) is 31.4 Å². The fraction of sp³-hybridized carbons (Fsp3) is 0.724. The third kappa shape index (κ3) is 8.16. The fourth-order valence-corrected chi connectivity index (χ4v) is 6.09. The second-order valence-corrected chi connectivity index (χ2v) is 12.1. The van der Waals surface area contributed by atoms with Gasteiger partial charge in [-0.3, -0.25) is 9.69 Å². The van der Waals surface area contributed by atoms with Gasteiger partial charge in [0.1, 0.15) is 6.10 Å². The van der Waals surface area contributed by atoms with Crippen LogP contribution in [0.1, 0.15) is 64.9 Å². The molecule has 1 aliphatic carbocycles. The van der Waals surface area contributed by atoms with Gasteiger partial charge in [-0.1, -0.05) is 49.6 Å². The molecule has 3 aliphatic rings. The summed E-state index contributed by atoms with van der Waals surface area (Å²) in [6, 6.07) is 9.00. The molecule has 6 atom stereocenters. The van der Waals surface area contributed by atoms with Crippen LogP contribution in [0, 0.1) is 11.8 Å². The number of fused-ring (bicyclic) bond motifs is 1. The molecule has 8 heteroatoms. The van der Waals surface area contributed by atoms with Gasteiger partial charge in [-0.15, -0.1) is 0 Å².